The Labute approximate surface area is 72.6 Å². The quantitative estimate of drug-likeness (QED) is 0.704. The molecule has 1 aliphatic rings. The van der Waals surface area contributed by atoms with Crippen LogP contribution in [0.4, 0.5) is 0 Å². The highest BCUT2D eigenvalue weighted by Gasteiger charge is 2.50. The molecule has 0 radical (unpaired) electrons. The molecule has 1 saturated carbocycles. The van der Waals surface area contributed by atoms with Crippen LogP contribution >= 0.6 is 0 Å². The topological polar surface area (TPSA) is 43.8 Å². The lowest BCUT2D eigenvalue weighted by Gasteiger charge is -2.18. The molecule has 0 saturated heterocycles. The van der Waals surface area contributed by atoms with Crippen LogP contribution in [0.3, 0.4) is 0 Å². The van der Waals surface area contributed by atoms with Gasteiger partial charge in [0.25, 0.3) is 0 Å². The summed E-state index contributed by atoms with van der Waals surface area (Å²) in [7, 11) is 2.03. The average Bonchev–Trinajstić information content (AvgIpc) is 2.71. The van der Waals surface area contributed by atoms with Crippen molar-refractivity contribution < 1.29 is 0 Å². The Hall–Kier alpha value is -0.830. The first-order chi connectivity index (χ1) is 5.67. The van der Waals surface area contributed by atoms with Crippen molar-refractivity contribution >= 4 is 0 Å². The first kappa shape index (κ1) is 7.80. The van der Waals surface area contributed by atoms with E-state index in [1.807, 2.05) is 19.4 Å². The number of aryl methyl sites for hydroxylation is 1. The summed E-state index contributed by atoms with van der Waals surface area (Å²) in [5.41, 5.74) is 6.13. The third-order valence-corrected chi connectivity index (χ3v) is 2.93. The van der Waals surface area contributed by atoms with Crippen molar-refractivity contribution in [3.63, 3.8) is 0 Å². The van der Waals surface area contributed by atoms with Gasteiger partial charge >= 0.3 is 0 Å². The molecular weight excluding hydrogens is 150 g/mol. The number of nitrogens with zero attached hydrogens (tertiary/aromatic N) is 2. The summed E-state index contributed by atoms with van der Waals surface area (Å²) in [6.07, 6.45) is 6.21. The molecule has 1 atom stereocenters. The zero-order valence-corrected chi connectivity index (χ0v) is 7.62. The first-order valence-corrected chi connectivity index (χ1v) is 4.40. The van der Waals surface area contributed by atoms with Gasteiger partial charge in [-0.3, -0.25) is 0 Å². The van der Waals surface area contributed by atoms with E-state index in [0.29, 0.717) is 0 Å². The Morgan fingerprint density at radius 2 is 2.33 bits per heavy atom. The third-order valence-electron chi connectivity index (χ3n) is 2.93. The van der Waals surface area contributed by atoms with Crippen molar-refractivity contribution in [1.29, 1.82) is 0 Å². The SMILES string of the molecule is CC(N)C1(c2nccn2C)CC1. The smallest absolute Gasteiger partial charge is 0.116 e. The maximum absolute atomic E-state index is 5.94. The minimum absolute atomic E-state index is 0.193. The van der Waals surface area contributed by atoms with E-state index in [2.05, 4.69) is 16.5 Å². The summed E-state index contributed by atoms with van der Waals surface area (Å²) in [5.74, 6) is 1.15. The molecule has 1 fully saturated rings. The predicted molar refractivity (Wildman–Crippen MR) is 47.8 cm³/mol. The van der Waals surface area contributed by atoms with Crippen LogP contribution in [-0.4, -0.2) is 15.6 Å². The second-order valence-corrected chi connectivity index (χ2v) is 3.81. The molecule has 2 rings (SSSR count). The van der Waals surface area contributed by atoms with E-state index in [-0.39, 0.29) is 11.5 Å². The van der Waals surface area contributed by atoms with Crippen molar-refractivity contribution in [3.05, 3.63) is 18.2 Å². The summed E-state index contributed by atoms with van der Waals surface area (Å²) in [4.78, 5) is 4.35. The highest BCUT2D eigenvalue weighted by Crippen LogP contribution is 2.49. The van der Waals surface area contributed by atoms with Gasteiger partial charge in [0, 0.05) is 30.9 Å². The fourth-order valence-corrected chi connectivity index (χ4v) is 1.86. The van der Waals surface area contributed by atoms with E-state index in [0.717, 1.165) is 5.82 Å². The minimum atomic E-state index is 0.193. The lowest BCUT2D eigenvalue weighted by atomic mass is 9.98. The summed E-state index contributed by atoms with van der Waals surface area (Å²) < 4.78 is 2.08. The number of rotatable bonds is 2. The average molecular weight is 165 g/mol. The van der Waals surface area contributed by atoms with Crippen molar-refractivity contribution in [2.45, 2.75) is 31.2 Å². The molecular formula is C9H15N3. The highest BCUT2D eigenvalue weighted by atomic mass is 15.1. The zero-order chi connectivity index (χ0) is 8.77. The fourth-order valence-electron chi connectivity index (χ4n) is 1.86. The van der Waals surface area contributed by atoms with Gasteiger partial charge in [-0.05, 0) is 19.8 Å². The van der Waals surface area contributed by atoms with Crippen LogP contribution in [0, 0.1) is 0 Å². The number of hydrogen-bond donors (Lipinski definition) is 1. The molecule has 2 N–H and O–H groups in total. The Morgan fingerprint density at radius 1 is 1.67 bits per heavy atom. The van der Waals surface area contributed by atoms with E-state index in [1.165, 1.54) is 12.8 Å². The van der Waals surface area contributed by atoms with Gasteiger partial charge in [-0.1, -0.05) is 0 Å². The summed E-state index contributed by atoms with van der Waals surface area (Å²) >= 11 is 0. The van der Waals surface area contributed by atoms with Gasteiger partial charge < -0.3 is 10.3 Å². The van der Waals surface area contributed by atoms with Gasteiger partial charge in [-0.15, -0.1) is 0 Å². The highest BCUT2D eigenvalue weighted by molar-refractivity contribution is 5.22. The van der Waals surface area contributed by atoms with Crippen LogP contribution in [0.5, 0.6) is 0 Å². The van der Waals surface area contributed by atoms with E-state index in [4.69, 9.17) is 5.73 Å². The lowest BCUT2D eigenvalue weighted by molar-refractivity contribution is 0.509. The lowest BCUT2D eigenvalue weighted by Crippen LogP contribution is -2.33. The zero-order valence-electron chi connectivity index (χ0n) is 7.62. The van der Waals surface area contributed by atoms with E-state index in [1.54, 1.807) is 0 Å². The van der Waals surface area contributed by atoms with E-state index >= 15 is 0 Å². The standard InChI is InChI=1S/C9H15N3/c1-7(10)9(3-4-9)8-11-5-6-12(8)2/h5-7H,3-4,10H2,1-2H3. The van der Waals surface area contributed by atoms with Crippen molar-refractivity contribution in [3.8, 4) is 0 Å². The van der Waals surface area contributed by atoms with Gasteiger partial charge in [0.05, 0.1) is 0 Å². The first-order valence-electron chi connectivity index (χ1n) is 4.40. The molecule has 66 valence electrons. The fraction of sp³-hybridized carbons (Fsp3) is 0.667. The molecule has 0 aromatic carbocycles. The van der Waals surface area contributed by atoms with Crippen LogP contribution in [0.1, 0.15) is 25.6 Å². The van der Waals surface area contributed by atoms with Crippen LogP contribution in [0.25, 0.3) is 0 Å². The molecule has 1 aromatic heterocycles. The summed E-state index contributed by atoms with van der Waals surface area (Å²) in [6, 6.07) is 0.221. The maximum atomic E-state index is 5.94. The van der Waals surface area contributed by atoms with Gasteiger partial charge in [-0.2, -0.15) is 0 Å². The molecule has 3 nitrogen and oxygen atoms in total. The summed E-state index contributed by atoms with van der Waals surface area (Å²) in [6.45, 7) is 2.07. The molecule has 0 aliphatic heterocycles. The second-order valence-electron chi connectivity index (χ2n) is 3.81. The van der Waals surface area contributed by atoms with Crippen LogP contribution < -0.4 is 5.73 Å². The molecule has 1 aliphatic carbocycles. The molecule has 1 aromatic rings. The minimum Gasteiger partial charge on any atom is -0.337 e. The molecule has 1 heterocycles. The van der Waals surface area contributed by atoms with E-state index in [9.17, 15) is 0 Å². The van der Waals surface area contributed by atoms with Gasteiger partial charge in [0.2, 0.25) is 0 Å². The predicted octanol–water partition coefficient (Wildman–Crippen LogP) is 0.799. The molecule has 1 unspecified atom stereocenters. The summed E-state index contributed by atoms with van der Waals surface area (Å²) in [5, 5.41) is 0. The van der Waals surface area contributed by atoms with Crippen LogP contribution in [-0.2, 0) is 12.5 Å². The van der Waals surface area contributed by atoms with Gasteiger partial charge in [0.15, 0.2) is 0 Å². The van der Waals surface area contributed by atoms with Gasteiger partial charge in [0.1, 0.15) is 5.82 Å². The monoisotopic (exact) mass is 165 g/mol. The van der Waals surface area contributed by atoms with Crippen molar-refractivity contribution in [1.82, 2.24) is 9.55 Å². The molecule has 0 bridgehead atoms. The molecule has 0 spiro atoms. The largest absolute Gasteiger partial charge is 0.337 e. The number of imidazole rings is 1. The molecule has 0 amide bonds. The Kier molecular flexibility index (Phi) is 1.51. The normalized spacial score (nSPS) is 22.2. The molecule has 3 heteroatoms. The number of aromatic nitrogens is 2. The Morgan fingerprint density at radius 3 is 2.67 bits per heavy atom. The number of nitrogens with two attached hydrogens (primary N) is 1. The van der Waals surface area contributed by atoms with Crippen molar-refractivity contribution in [2.75, 3.05) is 0 Å². The third kappa shape index (κ3) is 0.894. The maximum Gasteiger partial charge on any atom is 0.116 e. The van der Waals surface area contributed by atoms with E-state index < -0.39 is 0 Å². The van der Waals surface area contributed by atoms with Crippen molar-refractivity contribution in [2.24, 2.45) is 12.8 Å². The van der Waals surface area contributed by atoms with Crippen LogP contribution in [0.2, 0.25) is 0 Å². The molecule has 12 heavy (non-hydrogen) atoms. The Bertz CT molecular complexity index is 284. The van der Waals surface area contributed by atoms with Gasteiger partial charge in [-0.25, -0.2) is 4.98 Å². The second kappa shape index (κ2) is 2.33. The van der Waals surface area contributed by atoms with Crippen LogP contribution in [0.15, 0.2) is 12.4 Å². The Balaban J connectivity index is 2.36. The number of hydrogen-bond acceptors (Lipinski definition) is 2.